The van der Waals surface area contributed by atoms with Gasteiger partial charge in [0.2, 0.25) is 0 Å². The molecular weight excluding hydrogens is 352 g/mol. The van der Waals surface area contributed by atoms with E-state index in [1.165, 1.54) is 11.3 Å². The van der Waals surface area contributed by atoms with E-state index in [-0.39, 0.29) is 6.61 Å². The number of carbonyl (C=O) groups excluding carboxylic acids is 2. The molecule has 0 aliphatic rings. The second-order valence-corrected chi connectivity index (χ2v) is 6.60. The van der Waals surface area contributed by atoms with Crippen LogP contribution in [-0.2, 0) is 9.53 Å². The Kier molecular flexibility index (Phi) is 5.48. The molecule has 0 aliphatic heterocycles. The summed E-state index contributed by atoms with van der Waals surface area (Å²) in [6, 6.07) is 12.4. The molecule has 3 aromatic rings. The number of thiazole rings is 1. The third-order valence-electron chi connectivity index (χ3n) is 3.53. The number of nitrogens with one attached hydrogen (secondary N) is 1. The van der Waals surface area contributed by atoms with E-state index in [4.69, 9.17) is 9.47 Å². The van der Waals surface area contributed by atoms with Gasteiger partial charge in [0.1, 0.15) is 5.75 Å². The van der Waals surface area contributed by atoms with Gasteiger partial charge < -0.3 is 9.47 Å². The van der Waals surface area contributed by atoms with Gasteiger partial charge in [-0.05, 0) is 55.8 Å². The van der Waals surface area contributed by atoms with Crippen molar-refractivity contribution in [2.24, 2.45) is 0 Å². The zero-order valence-electron chi connectivity index (χ0n) is 14.4. The third-order valence-corrected chi connectivity index (χ3v) is 4.46. The molecule has 0 saturated carbocycles. The Morgan fingerprint density at radius 1 is 1.15 bits per heavy atom. The predicted octanol–water partition coefficient (Wildman–Crippen LogP) is 3.80. The zero-order valence-corrected chi connectivity index (χ0v) is 15.3. The van der Waals surface area contributed by atoms with Crippen LogP contribution in [0.2, 0.25) is 0 Å². The summed E-state index contributed by atoms with van der Waals surface area (Å²) >= 11 is 1.38. The van der Waals surface area contributed by atoms with Gasteiger partial charge in [-0.25, -0.2) is 9.78 Å². The van der Waals surface area contributed by atoms with Crippen molar-refractivity contribution in [3.8, 4) is 5.75 Å². The minimum atomic E-state index is -0.567. The Labute approximate surface area is 154 Å². The van der Waals surface area contributed by atoms with Crippen molar-refractivity contribution in [2.45, 2.75) is 13.8 Å². The Bertz CT molecular complexity index is 934. The summed E-state index contributed by atoms with van der Waals surface area (Å²) in [7, 11) is 0. The lowest BCUT2D eigenvalue weighted by Crippen LogP contribution is -2.20. The lowest BCUT2D eigenvalue weighted by molar-refractivity contribution is -0.119. The number of carbonyl (C=O) groups is 2. The molecule has 0 saturated heterocycles. The van der Waals surface area contributed by atoms with Crippen LogP contribution >= 0.6 is 11.3 Å². The van der Waals surface area contributed by atoms with Crippen LogP contribution in [0.1, 0.15) is 22.8 Å². The summed E-state index contributed by atoms with van der Waals surface area (Å²) in [5, 5.41) is 3.13. The average molecular weight is 370 g/mol. The number of esters is 1. The molecular formula is C19H18N2O4S. The van der Waals surface area contributed by atoms with E-state index < -0.39 is 11.9 Å². The van der Waals surface area contributed by atoms with E-state index in [1.54, 1.807) is 24.3 Å². The van der Waals surface area contributed by atoms with Crippen LogP contribution in [0.15, 0.2) is 42.5 Å². The van der Waals surface area contributed by atoms with Gasteiger partial charge >= 0.3 is 5.97 Å². The standard InChI is InChI=1S/C19H18N2O4S/c1-3-24-14-7-5-13(6-8-14)18(23)25-11-17(22)21-19-20-15-9-4-12(2)10-16(15)26-19/h4-10H,3,11H2,1-2H3,(H,20,21,22). The fourth-order valence-electron chi connectivity index (χ4n) is 2.31. The zero-order chi connectivity index (χ0) is 18.5. The molecule has 26 heavy (non-hydrogen) atoms. The number of amides is 1. The number of hydrogen-bond donors (Lipinski definition) is 1. The van der Waals surface area contributed by atoms with E-state index in [0.29, 0.717) is 23.1 Å². The van der Waals surface area contributed by atoms with Crippen LogP contribution < -0.4 is 10.1 Å². The van der Waals surface area contributed by atoms with E-state index in [2.05, 4.69) is 10.3 Å². The van der Waals surface area contributed by atoms with Crippen molar-refractivity contribution >= 4 is 38.6 Å². The molecule has 7 heteroatoms. The van der Waals surface area contributed by atoms with Crippen LogP contribution in [0, 0.1) is 6.92 Å². The number of anilines is 1. The van der Waals surface area contributed by atoms with E-state index in [0.717, 1.165) is 15.8 Å². The Morgan fingerprint density at radius 3 is 2.65 bits per heavy atom. The van der Waals surface area contributed by atoms with E-state index >= 15 is 0 Å². The number of hydrogen-bond acceptors (Lipinski definition) is 6. The highest BCUT2D eigenvalue weighted by Gasteiger charge is 2.12. The minimum Gasteiger partial charge on any atom is -0.494 e. The van der Waals surface area contributed by atoms with Crippen molar-refractivity contribution in [3.05, 3.63) is 53.6 Å². The first-order valence-electron chi connectivity index (χ1n) is 8.12. The fourth-order valence-corrected chi connectivity index (χ4v) is 3.29. The molecule has 0 fully saturated rings. The first kappa shape index (κ1) is 17.9. The highest BCUT2D eigenvalue weighted by Crippen LogP contribution is 2.26. The second-order valence-electron chi connectivity index (χ2n) is 5.57. The Balaban J connectivity index is 1.54. The van der Waals surface area contributed by atoms with Crippen molar-refractivity contribution in [1.29, 1.82) is 0 Å². The smallest absolute Gasteiger partial charge is 0.338 e. The van der Waals surface area contributed by atoms with Crippen LogP contribution in [-0.4, -0.2) is 30.1 Å². The highest BCUT2D eigenvalue weighted by atomic mass is 32.1. The fraction of sp³-hybridized carbons (Fsp3) is 0.211. The summed E-state index contributed by atoms with van der Waals surface area (Å²) in [5.41, 5.74) is 2.31. The monoisotopic (exact) mass is 370 g/mol. The largest absolute Gasteiger partial charge is 0.494 e. The van der Waals surface area contributed by atoms with Gasteiger partial charge in [-0.2, -0.15) is 0 Å². The van der Waals surface area contributed by atoms with Crippen molar-refractivity contribution in [1.82, 2.24) is 4.98 Å². The first-order valence-corrected chi connectivity index (χ1v) is 8.94. The number of fused-ring (bicyclic) bond motifs is 1. The predicted molar refractivity (Wildman–Crippen MR) is 101 cm³/mol. The number of aryl methyl sites for hydroxylation is 1. The van der Waals surface area contributed by atoms with E-state index in [1.807, 2.05) is 32.0 Å². The van der Waals surface area contributed by atoms with Crippen LogP contribution in [0.5, 0.6) is 5.75 Å². The van der Waals surface area contributed by atoms with Crippen LogP contribution in [0.25, 0.3) is 10.2 Å². The SMILES string of the molecule is CCOc1ccc(C(=O)OCC(=O)Nc2nc3ccc(C)cc3s2)cc1. The quantitative estimate of drug-likeness (QED) is 0.668. The topological polar surface area (TPSA) is 77.5 Å². The molecule has 0 atom stereocenters. The molecule has 0 bridgehead atoms. The maximum Gasteiger partial charge on any atom is 0.338 e. The number of rotatable bonds is 6. The summed E-state index contributed by atoms with van der Waals surface area (Å²) in [4.78, 5) is 28.3. The normalized spacial score (nSPS) is 10.5. The summed E-state index contributed by atoms with van der Waals surface area (Å²) < 4.78 is 11.3. The van der Waals surface area contributed by atoms with E-state index in [9.17, 15) is 9.59 Å². The lowest BCUT2D eigenvalue weighted by atomic mass is 10.2. The van der Waals surface area contributed by atoms with Gasteiger partial charge in [-0.15, -0.1) is 0 Å². The Morgan fingerprint density at radius 2 is 1.92 bits per heavy atom. The second kappa shape index (κ2) is 7.97. The maximum absolute atomic E-state index is 12.0. The lowest BCUT2D eigenvalue weighted by Gasteiger charge is -2.06. The van der Waals surface area contributed by atoms with Gasteiger partial charge in [-0.1, -0.05) is 17.4 Å². The molecule has 0 spiro atoms. The average Bonchev–Trinajstić information content (AvgIpc) is 3.01. The molecule has 2 aromatic carbocycles. The molecule has 0 radical (unpaired) electrons. The minimum absolute atomic E-state index is 0.358. The maximum atomic E-state index is 12.0. The molecule has 134 valence electrons. The summed E-state index contributed by atoms with van der Waals surface area (Å²) in [6.07, 6.45) is 0. The van der Waals surface area contributed by atoms with Gasteiger partial charge in [0.15, 0.2) is 11.7 Å². The molecule has 1 amide bonds. The molecule has 1 aromatic heterocycles. The molecule has 6 nitrogen and oxygen atoms in total. The van der Waals surface area contributed by atoms with Gasteiger partial charge in [-0.3, -0.25) is 10.1 Å². The highest BCUT2D eigenvalue weighted by molar-refractivity contribution is 7.22. The molecule has 0 aliphatic carbocycles. The molecule has 0 unspecified atom stereocenters. The van der Waals surface area contributed by atoms with Gasteiger partial charge in [0.25, 0.3) is 5.91 Å². The molecule has 1 N–H and O–H groups in total. The summed E-state index contributed by atoms with van der Waals surface area (Å²) in [5.74, 6) is -0.323. The van der Waals surface area contributed by atoms with Crippen molar-refractivity contribution in [3.63, 3.8) is 0 Å². The summed E-state index contributed by atoms with van der Waals surface area (Å²) in [6.45, 7) is 4.06. The van der Waals surface area contributed by atoms with Gasteiger partial charge in [0.05, 0.1) is 22.4 Å². The number of benzene rings is 2. The van der Waals surface area contributed by atoms with Gasteiger partial charge in [0, 0.05) is 0 Å². The number of aromatic nitrogens is 1. The molecule has 1 heterocycles. The third kappa shape index (κ3) is 4.37. The first-order chi connectivity index (χ1) is 12.5. The van der Waals surface area contributed by atoms with Crippen LogP contribution in [0.3, 0.4) is 0 Å². The van der Waals surface area contributed by atoms with Crippen LogP contribution in [0.4, 0.5) is 5.13 Å². The van der Waals surface area contributed by atoms with Crippen molar-refractivity contribution < 1.29 is 19.1 Å². The molecule has 3 rings (SSSR count). The van der Waals surface area contributed by atoms with Crippen molar-refractivity contribution in [2.75, 3.05) is 18.5 Å². The number of nitrogens with zero attached hydrogens (tertiary/aromatic N) is 1. The Hall–Kier alpha value is -2.93. The number of ether oxygens (including phenoxy) is 2.